The van der Waals surface area contributed by atoms with Gasteiger partial charge >= 0.3 is 0 Å². The summed E-state index contributed by atoms with van der Waals surface area (Å²) < 4.78 is 29.7. The second-order valence-corrected chi connectivity index (χ2v) is 7.12. The van der Waals surface area contributed by atoms with Gasteiger partial charge < -0.3 is 10.5 Å². The third kappa shape index (κ3) is 4.31. The van der Waals surface area contributed by atoms with Crippen molar-refractivity contribution in [2.75, 3.05) is 12.4 Å². The standard InChI is InChI=1S/C13H21NO3S/c1-4-9-18(15,16)12-8-6-5-7-11(12)17-10-13(2,3)14/h5-8H,4,9-10,14H2,1-3H3. The van der Waals surface area contributed by atoms with Gasteiger partial charge in [0.05, 0.1) is 5.75 Å². The first kappa shape index (κ1) is 15.0. The summed E-state index contributed by atoms with van der Waals surface area (Å²) in [7, 11) is -3.27. The Kier molecular flexibility index (Phi) is 4.76. The third-order valence-electron chi connectivity index (χ3n) is 2.26. The maximum absolute atomic E-state index is 12.1. The lowest BCUT2D eigenvalue weighted by molar-refractivity contribution is 0.238. The van der Waals surface area contributed by atoms with Crippen LogP contribution in [0.4, 0.5) is 0 Å². The van der Waals surface area contributed by atoms with Gasteiger partial charge in [0.1, 0.15) is 17.3 Å². The zero-order valence-electron chi connectivity index (χ0n) is 11.1. The van der Waals surface area contributed by atoms with Crippen molar-refractivity contribution in [3.8, 4) is 5.75 Å². The fraction of sp³-hybridized carbons (Fsp3) is 0.538. The SMILES string of the molecule is CCCS(=O)(=O)c1ccccc1OCC(C)(C)N. The van der Waals surface area contributed by atoms with Crippen molar-refractivity contribution in [2.45, 2.75) is 37.6 Å². The fourth-order valence-electron chi connectivity index (χ4n) is 1.47. The number of rotatable bonds is 6. The number of benzene rings is 1. The minimum Gasteiger partial charge on any atom is -0.490 e. The molecule has 18 heavy (non-hydrogen) atoms. The average Bonchev–Trinajstić information content (AvgIpc) is 2.26. The average molecular weight is 271 g/mol. The Labute approximate surface area is 109 Å². The van der Waals surface area contributed by atoms with Gasteiger partial charge in [0.15, 0.2) is 9.84 Å². The number of para-hydroxylation sites is 1. The zero-order valence-corrected chi connectivity index (χ0v) is 12.0. The predicted molar refractivity (Wildman–Crippen MR) is 72.5 cm³/mol. The fourth-order valence-corrected chi connectivity index (χ4v) is 2.95. The van der Waals surface area contributed by atoms with Crippen molar-refractivity contribution in [3.05, 3.63) is 24.3 Å². The molecule has 0 spiro atoms. The van der Waals surface area contributed by atoms with Crippen molar-refractivity contribution in [2.24, 2.45) is 5.73 Å². The molecule has 0 aliphatic carbocycles. The van der Waals surface area contributed by atoms with Gasteiger partial charge in [-0.15, -0.1) is 0 Å². The Balaban J connectivity index is 3.00. The summed E-state index contributed by atoms with van der Waals surface area (Å²) in [4.78, 5) is 0.246. The van der Waals surface area contributed by atoms with Crippen molar-refractivity contribution in [3.63, 3.8) is 0 Å². The topological polar surface area (TPSA) is 69.4 Å². The predicted octanol–water partition coefficient (Wildman–Crippen LogP) is 1.99. The molecular weight excluding hydrogens is 250 g/mol. The van der Waals surface area contributed by atoms with E-state index in [0.717, 1.165) is 0 Å². The molecule has 0 aliphatic rings. The number of hydrogen-bond acceptors (Lipinski definition) is 4. The zero-order chi connectivity index (χ0) is 13.8. The second kappa shape index (κ2) is 5.71. The molecule has 0 unspecified atom stereocenters. The van der Waals surface area contributed by atoms with Crippen molar-refractivity contribution in [1.82, 2.24) is 0 Å². The van der Waals surface area contributed by atoms with E-state index in [9.17, 15) is 8.42 Å². The van der Waals surface area contributed by atoms with Crippen LogP contribution in [0.25, 0.3) is 0 Å². The Hall–Kier alpha value is -1.07. The van der Waals surface area contributed by atoms with Crippen LogP contribution >= 0.6 is 0 Å². The Morgan fingerprint density at radius 3 is 2.44 bits per heavy atom. The van der Waals surface area contributed by atoms with E-state index in [1.165, 1.54) is 0 Å². The van der Waals surface area contributed by atoms with Gasteiger partial charge in [-0.2, -0.15) is 0 Å². The molecule has 0 heterocycles. The highest BCUT2D eigenvalue weighted by molar-refractivity contribution is 7.91. The van der Waals surface area contributed by atoms with E-state index in [-0.39, 0.29) is 17.3 Å². The molecule has 4 nitrogen and oxygen atoms in total. The van der Waals surface area contributed by atoms with Gasteiger partial charge in [0.25, 0.3) is 0 Å². The van der Waals surface area contributed by atoms with Crippen LogP contribution in [0.3, 0.4) is 0 Å². The molecule has 5 heteroatoms. The summed E-state index contributed by atoms with van der Waals surface area (Å²) in [5.41, 5.74) is 5.33. The van der Waals surface area contributed by atoms with Gasteiger partial charge in [-0.05, 0) is 32.4 Å². The van der Waals surface area contributed by atoms with Gasteiger partial charge in [-0.3, -0.25) is 0 Å². The molecule has 2 N–H and O–H groups in total. The lowest BCUT2D eigenvalue weighted by Crippen LogP contribution is -2.38. The van der Waals surface area contributed by atoms with E-state index in [2.05, 4.69) is 0 Å². The molecule has 0 aliphatic heterocycles. The lowest BCUT2D eigenvalue weighted by Gasteiger charge is -2.20. The normalized spacial score (nSPS) is 12.4. The maximum atomic E-state index is 12.1. The summed E-state index contributed by atoms with van der Waals surface area (Å²) in [6, 6.07) is 6.69. The van der Waals surface area contributed by atoms with Crippen molar-refractivity contribution < 1.29 is 13.2 Å². The number of hydrogen-bond donors (Lipinski definition) is 1. The molecule has 0 saturated heterocycles. The lowest BCUT2D eigenvalue weighted by atomic mass is 10.1. The summed E-state index contributed by atoms with van der Waals surface area (Å²) >= 11 is 0. The van der Waals surface area contributed by atoms with Crippen LogP contribution in [0.2, 0.25) is 0 Å². The van der Waals surface area contributed by atoms with E-state index in [4.69, 9.17) is 10.5 Å². The molecule has 0 fully saturated rings. The van der Waals surface area contributed by atoms with Crippen LogP contribution in [0.5, 0.6) is 5.75 Å². The molecule has 0 amide bonds. The smallest absolute Gasteiger partial charge is 0.182 e. The van der Waals surface area contributed by atoms with Crippen LogP contribution in [-0.2, 0) is 9.84 Å². The van der Waals surface area contributed by atoms with Gasteiger partial charge in [-0.1, -0.05) is 19.1 Å². The van der Waals surface area contributed by atoms with Crippen LogP contribution < -0.4 is 10.5 Å². The summed E-state index contributed by atoms with van der Waals surface area (Å²) in [6.45, 7) is 5.77. The highest BCUT2D eigenvalue weighted by Gasteiger charge is 2.20. The van der Waals surface area contributed by atoms with Gasteiger partial charge in [0, 0.05) is 5.54 Å². The highest BCUT2D eigenvalue weighted by Crippen LogP contribution is 2.25. The summed E-state index contributed by atoms with van der Waals surface area (Å²) in [5, 5.41) is 0. The molecule has 0 radical (unpaired) electrons. The molecule has 0 saturated carbocycles. The van der Waals surface area contributed by atoms with Gasteiger partial charge in [-0.25, -0.2) is 8.42 Å². The number of sulfone groups is 1. The van der Waals surface area contributed by atoms with Gasteiger partial charge in [0.2, 0.25) is 0 Å². The Morgan fingerprint density at radius 2 is 1.89 bits per heavy atom. The Bertz CT molecular complexity index is 489. The largest absolute Gasteiger partial charge is 0.490 e. The molecule has 102 valence electrons. The van der Waals surface area contributed by atoms with Crippen LogP contribution in [-0.4, -0.2) is 26.3 Å². The summed E-state index contributed by atoms with van der Waals surface area (Å²) in [6.07, 6.45) is 0.582. The molecule has 1 rings (SSSR count). The first-order chi connectivity index (χ1) is 8.26. The van der Waals surface area contributed by atoms with E-state index in [1.54, 1.807) is 24.3 Å². The quantitative estimate of drug-likeness (QED) is 0.859. The summed E-state index contributed by atoms with van der Waals surface area (Å²) in [5.74, 6) is 0.504. The first-order valence-electron chi connectivity index (χ1n) is 6.00. The molecule has 0 atom stereocenters. The van der Waals surface area contributed by atoms with Crippen molar-refractivity contribution >= 4 is 9.84 Å². The monoisotopic (exact) mass is 271 g/mol. The van der Waals surface area contributed by atoms with Crippen LogP contribution in [0, 0.1) is 0 Å². The first-order valence-corrected chi connectivity index (χ1v) is 7.65. The molecule has 0 aromatic heterocycles. The minimum atomic E-state index is -3.27. The van der Waals surface area contributed by atoms with Crippen LogP contribution in [0.1, 0.15) is 27.2 Å². The third-order valence-corrected chi connectivity index (χ3v) is 4.21. The van der Waals surface area contributed by atoms with E-state index >= 15 is 0 Å². The molecular formula is C13H21NO3S. The second-order valence-electron chi connectivity index (χ2n) is 5.04. The van der Waals surface area contributed by atoms with Crippen LogP contribution in [0.15, 0.2) is 29.2 Å². The minimum absolute atomic E-state index is 0.124. The molecule has 1 aromatic carbocycles. The number of nitrogens with two attached hydrogens (primary N) is 1. The van der Waals surface area contributed by atoms with E-state index < -0.39 is 15.4 Å². The Morgan fingerprint density at radius 1 is 1.28 bits per heavy atom. The molecule has 0 bridgehead atoms. The molecule has 1 aromatic rings. The highest BCUT2D eigenvalue weighted by atomic mass is 32.2. The van der Waals surface area contributed by atoms with E-state index in [1.807, 2.05) is 20.8 Å². The maximum Gasteiger partial charge on any atom is 0.182 e. The van der Waals surface area contributed by atoms with E-state index in [0.29, 0.717) is 12.2 Å². The number of ether oxygens (including phenoxy) is 1. The van der Waals surface area contributed by atoms with Crippen molar-refractivity contribution in [1.29, 1.82) is 0 Å².